The Labute approximate surface area is 112 Å². The van der Waals surface area contributed by atoms with Crippen LogP contribution >= 0.6 is 30.7 Å². The smallest absolute Gasteiger partial charge is 0.199 e. The minimum atomic E-state index is -2.61. The highest BCUT2D eigenvalue weighted by atomic mass is 32.5. The van der Waals surface area contributed by atoms with Gasteiger partial charge in [0.2, 0.25) is 0 Å². The van der Waals surface area contributed by atoms with E-state index < -0.39 is 13.7 Å². The van der Waals surface area contributed by atoms with Gasteiger partial charge in [-0.05, 0) is 25.0 Å². The molecule has 0 aliphatic carbocycles. The van der Waals surface area contributed by atoms with E-state index in [0.717, 1.165) is 0 Å². The third kappa shape index (κ3) is 14.7. The van der Waals surface area contributed by atoms with Gasteiger partial charge in [-0.25, -0.2) is 19.1 Å². The van der Waals surface area contributed by atoms with E-state index >= 15 is 0 Å². The molecule has 2 unspecified atom stereocenters. The SMILES string of the molecule is C=CP(=O)(POOC)POOC.C=CP(C)(C)=O. The van der Waals surface area contributed by atoms with Gasteiger partial charge in [-0.15, -0.1) is 0 Å². The fourth-order valence-electron chi connectivity index (χ4n) is 0.278. The van der Waals surface area contributed by atoms with E-state index in [-0.39, 0.29) is 17.0 Å². The van der Waals surface area contributed by atoms with Crippen LogP contribution < -0.4 is 0 Å². The fraction of sp³-hybridized carbons (Fsp3) is 0.500. The second-order valence-corrected chi connectivity index (χ2v) is 15.2. The summed E-state index contributed by atoms with van der Waals surface area (Å²) in [6, 6.07) is 0. The van der Waals surface area contributed by atoms with E-state index in [1.165, 1.54) is 25.9 Å². The van der Waals surface area contributed by atoms with Crippen molar-refractivity contribution in [3.63, 3.8) is 0 Å². The van der Waals surface area contributed by atoms with E-state index in [1.807, 2.05) is 0 Å². The Morgan fingerprint density at radius 1 is 0.944 bits per heavy atom. The van der Waals surface area contributed by atoms with Gasteiger partial charge in [0, 0.05) is 0 Å². The van der Waals surface area contributed by atoms with Gasteiger partial charge in [0.05, 0.1) is 14.2 Å². The average molecular weight is 336 g/mol. The van der Waals surface area contributed by atoms with E-state index in [1.54, 1.807) is 13.3 Å². The molecule has 0 amide bonds. The van der Waals surface area contributed by atoms with Crippen LogP contribution in [0.3, 0.4) is 0 Å². The maximum Gasteiger partial charge on any atom is 0.199 e. The Balaban J connectivity index is 0. The first-order valence-electron chi connectivity index (χ1n) is 4.60. The lowest BCUT2D eigenvalue weighted by Crippen LogP contribution is -1.74. The van der Waals surface area contributed by atoms with Crippen molar-refractivity contribution < 1.29 is 28.3 Å². The Kier molecular flexibility index (Phi) is 13.3. The van der Waals surface area contributed by atoms with Crippen molar-refractivity contribution >= 4 is 30.7 Å². The zero-order valence-corrected chi connectivity index (χ0v) is 14.7. The van der Waals surface area contributed by atoms with E-state index in [4.69, 9.17) is 0 Å². The quantitative estimate of drug-likeness (QED) is 0.371. The molecular weight excluding hydrogens is 316 g/mol. The minimum Gasteiger partial charge on any atom is -0.320 e. The van der Waals surface area contributed by atoms with Gasteiger partial charge < -0.3 is 9.13 Å². The van der Waals surface area contributed by atoms with Crippen molar-refractivity contribution in [3.8, 4) is 0 Å². The van der Waals surface area contributed by atoms with E-state index in [9.17, 15) is 9.13 Å². The molecule has 0 aromatic heterocycles. The molecule has 0 fully saturated rings. The van der Waals surface area contributed by atoms with Crippen LogP contribution in [0.2, 0.25) is 0 Å². The summed E-state index contributed by atoms with van der Waals surface area (Å²) in [7, 11) is 0.231. The second kappa shape index (κ2) is 11.5. The standard InChI is InChI=1S/C4H11O5P3.C4H9OP/c1-4-12(5,10-8-6-2)11-9-7-3;1-4-6(2,3)5/h4,10-11H,1H2,2-3H3;4H,1H2,2-3H3. The van der Waals surface area contributed by atoms with Gasteiger partial charge in [-0.3, -0.25) is 0 Å². The molecule has 0 aliphatic rings. The van der Waals surface area contributed by atoms with Crippen molar-refractivity contribution in [3.05, 3.63) is 24.8 Å². The molecule has 0 aromatic carbocycles. The molecule has 18 heavy (non-hydrogen) atoms. The zero-order chi connectivity index (χ0) is 14.7. The van der Waals surface area contributed by atoms with Gasteiger partial charge >= 0.3 is 0 Å². The van der Waals surface area contributed by atoms with Crippen molar-refractivity contribution in [2.24, 2.45) is 0 Å². The third-order valence-electron chi connectivity index (χ3n) is 1.21. The summed E-state index contributed by atoms with van der Waals surface area (Å²) in [6.07, 6.45) is 0. The Morgan fingerprint density at radius 3 is 1.44 bits per heavy atom. The largest absolute Gasteiger partial charge is 0.320 e. The summed E-state index contributed by atoms with van der Waals surface area (Å²) in [5.41, 5.74) is 0. The molecule has 0 radical (unpaired) electrons. The van der Waals surface area contributed by atoms with Crippen LogP contribution in [0.1, 0.15) is 0 Å². The average Bonchev–Trinajstić information content (AvgIpc) is 2.34. The Hall–Kier alpha value is 0.640. The predicted octanol–water partition coefficient (Wildman–Crippen LogP) is 4.42. The molecule has 0 N–H and O–H groups in total. The zero-order valence-electron chi connectivity index (χ0n) is 10.9. The fourth-order valence-corrected chi connectivity index (χ4v) is 3.51. The molecule has 6 nitrogen and oxygen atoms in total. The lowest BCUT2D eigenvalue weighted by molar-refractivity contribution is -0.165. The van der Waals surface area contributed by atoms with E-state index in [2.05, 4.69) is 32.3 Å². The van der Waals surface area contributed by atoms with Crippen LogP contribution in [0, 0.1) is 0 Å². The maximum atomic E-state index is 11.6. The van der Waals surface area contributed by atoms with Crippen molar-refractivity contribution in [1.82, 2.24) is 0 Å². The molecule has 108 valence electrons. The lowest BCUT2D eigenvalue weighted by Gasteiger charge is -2.09. The molecule has 0 heterocycles. The normalized spacial score (nSPS) is 15.3. The van der Waals surface area contributed by atoms with Crippen LogP contribution in [0.15, 0.2) is 24.8 Å². The Bertz CT molecular complexity index is 314. The summed E-state index contributed by atoms with van der Waals surface area (Å²) in [4.78, 5) is 8.64. The number of hydrogen-bond acceptors (Lipinski definition) is 6. The molecule has 0 bridgehead atoms. The van der Waals surface area contributed by atoms with Crippen molar-refractivity contribution in [1.29, 1.82) is 0 Å². The first-order valence-corrected chi connectivity index (χ1v) is 12.5. The molecule has 0 aromatic rings. The van der Waals surface area contributed by atoms with E-state index in [0.29, 0.717) is 0 Å². The number of rotatable bonds is 8. The summed E-state index contributed by atoms with van der Waals surface area (Å²) in [5, 5.41) is 0. The molecule has 0 rings (SSSR count). The predicted molar refractivity (Wildman–Crippen MR) is 80.3 cm³/mol. The van der Waals surface area contributed by atoms with Crippen molar-refractivity contribution in [2.75, 3.05) is 27.5 Å². The first-order chi connectivity index (χ1) is 8.24. The molecule has 0 spiro atoms. The summed E-state index contributed by atoms with van der Waals surface area (Å²) in [6.45, 7) is 7.54. The summed E-state index contributed by atoms with van der Waals surface area (Å²) in [5.74, 6) is 2.81. The van der Waals surface area contributed by atoms with Gasteiger partial charge in [0.15, 0.2) is 6.52 Å². The topological polar surface area (TPSA) is 71.1 Å². The highest BCUT2D eigenvalue weighted by molar-refractivity contribution is 8.54. The summed E-state index contributed by atoms with van der Waals surface area (Å²) >= 11 is 0. The van der Waals surface area contributed by atoms with Crippen LogP contribution in [-0.2, 0) is 28.3 Å². The minimum absolute atomic E-state index is 0.291. The van der Waals surface area contributed by atoms with Gasteiger partial charge in [0.1, 0.15) is 24.1 Å². The van der Waals surface area contributed by atoms with Crippen LogP contribution in [0.4, 0.5) is 0 Å². The van der Waals surface area contributed by atoms with Crippen LogP contribution in [0.5, 0.6) is 0 Å². The first kappa shape index (κ1) is 20.9. The van der Waals surface area contributed by atoms with Gasteiger partial charge in [0.25, 0.3) is 0 Å². The molecule has 10 heteroatoms. The molecule has 0 saturated heterocycles. The van der Waals surface area contributed by atoms with Crippen LogP contribution in [0.25, 0.3) is 0 Å². The Morgan fingerprint density at radius 2 is 1.28 bits per heavy atom. The third-order valence-corrected chi connectivity index (χ3v) is 8.44. The number of hydrogen-bond donors (Lipinski definition) is 0. The summed E-state index contributed by atoms with van der Waals surface area (Å²) < 4.78 is 31.2. The molecule has 2 atom stereocenters. The van der Waals surface area contributed by atoms with Gasteiger partial charge in [-0.1, -0.05) is 13.2 Å². The maximum absolute atomic E-state index is 11.6. The van der Waals surface area contributed by atoms with Crippen LogP contribution in [-0.4, -0.2) is 27.5 Å². The van der Waals surface area contributed by atoms with Crippen molar-refractivity contribution in [2.45, 2.75) is 0 Å². The molecule has 0 saturated carbocycles. The highest BCUT2D eigenvalue weighted by Crippen LogP contribution is 2.78. The monoisotopic (exact) mass is 336 g/mol. The molecular formula is C8H20O6P4. The van der Waals surface area contributed by atoms with Gasteiger partial charge in [-0.2, -0.15) is 0 Å². The lowest BCUT2D eigenvalue weighted by atomic mass is 11.3. The molecule has 0 aliphatic heterocycles. The highest BCUT2D eigenvalue weighted by Gasteiger charge is 2.20. The second-order valence-electron chi connectivity index (χ2n) is 3.14.